The lowest BCUT2D eigenvalue weighted by atomic mass is 10.1. The van der Waals surface area contributed by atoms with Crippen molar-refractivity contribution >= 4 is 23.4 Å². The van der Waals surface area contributed by atoms with Crippen molar-refractivity contribution in [2.75, 3.05) is 23.4 Å². The summed E-state index contributed by atoms with van der Waals surface area (Å²) in [6.45, 7) is 4.69. The Kier molecular flexibility index (Phi) is 5.96. The van der Waals surface area contributed by atoms with Gasteiger partial charge in [0.15, 0.2) is 0 Å². The number of fused-ring (bicyclic) bond motifs is 1. The van der Waals surface area contributed by atoms with E-state index in [0.29, 0.717) is 18.8 Å². The first-order chi connectivity index (χ1) is 13.1. The summed E-state index contributed by atoms with van der Waals surface area (Å²) in [5.41, 5.74) is 2.28. The highest BCUT2D eigenvalue weighted by Crippen LogP contribution is 2.34. The van der Waals surface area contributed by atoms with Crippen molar-refractivity contribution < 1.29 is 19.1 Å². The van der Waals surface area contributed by atoms with E-state index >= 15 is 0 Å². The standard InChI is InChI=1S/C21H24N2O4/c1-3-17-14-23(18-7-5-6-8-19(18)27-17)21(25)22-16-11-9-15(10-12-16)13-20(24)26-4-2/h5-12,17H,3-4,13-14H2,1-2H3,(H,22,25)/t17-/m1/s1. The molecule has 0 unspecified atom stereocenters. The van der Waals surface area contributed by atoms with Gasteiger partial charge >= 0.3 is 12.0 Å². The SMILES string of the molecule is CCOC(=O)Cc1ccc(NC(=O)N2C[C@@H](CC)Oc3ccccc32)cc1. The molecule has 1 atom stereocenters. The number of urea groups is 1. The van der Waals surface area contributed by atoms with Gasteiger partial charge in [0.2, 0.25) is 0 Å². The van der Waals surface area contributed by atoms with Crippen LogP contribution in [0.4, 0.5) is 16.2 Å². The molecule has 3 rings (SSSR count). The first kappa shape index (κ1) is 18.8. The molecule has 0 spiro atoms. The van der Waals surface area contributed by atoms with Gasteiger partial charge in [-0.1, -0.05) is 31.2 Å². The third-order valence-corrected chi connectivity index (χ3v) is 4.40. The molecule has 0 saturated heterocycles. The minimum absolute atomic E-state index is 0.0300. The topological polar surface area (TPSA) is 67.9 Å². The van der Waals surface area contributed by atoms with E-state index in [1.807, 2.05) is 43.3 Å². The molecule has 0 radical (unpaired) electrons. The number of nitrogens with one attached hydrogen (secondary N) is 1. The van der Waals surface area contributed by atoms with Crippen molar-refractivity contribution in [3.63, 3.8) is 0 Å². The Morgan fingerprint density at radius 1 is 1.15 bits per heavy atom. The summed E-state index contributed by atoms with van der Waals surface area (Å²) in [4.78, 5) is 26.1. The van der Waals surface area contributed by atoms with Crippen LogP contribution in [0.5, 0.6) is 5.75 Å². The molecule has 1 aliphatic heterocycles. The summed E-state index contributed by atoms with van der Waals surface area (Å²) in [5, 5.41) is 2.92. The lowest BCUT2D eigenvalue weighted by Crippen LogP contribution is -2.45. The first-order valence-corrected chi connectivity index (χ1v) is 9.19. The molecule has 1 N–H and O–H groups in total. The smallest absolute Gasteiger partial charge is 0.326 e. The molecule has 6 heteroatoms. The first-order valence-electron chi connectivity index (χ1n) is 9.19. The fraction of sp³-hybridized carbons (Fsp3) is 0.333. The molecule has 2 aromatic carbocycles. The van der Waals surface area contributed by atoms with E-state index in [4.69, 9.17) is 9.47 Å². The van der Waals surface area contributed by atoms with Gasteiger partial charge in [0.1, 0.15) is 11.9 Å². The number of nitrogens with zero attached hydrogens (tertiary/aromatic N) is 1. The van der Waals surface area contributed by atoms with Crippen LogP contribution in [0.3, 0.4) is 0 Å². The average molecular weight is 368 g/mol. The molecular formula is C21H24N2O4. The third kappa shape index (κ3) is 4.58. The minimum Gasteiger partial charge on any atom is -0.486 e. The highest BCUT2D eigenvalue weighted by Gasteiger charge is 2.28. The van der Waals surface area contributed by atoms with Gasteiger partial charge in [-0.2, -0.15) is 0 Å². The summed E-state index contributed by atoms with van der Waals surface area (Å²) < 4.78 is 10.9. The highest BCUT2D eigenvalue weighted by molar-refractivity contribution is 6.03. The van der Waals surface area contributed by atoms with Gasteiger partial charge in [-0.15, -0.1) is 0 Å². The maximum Gasteiger partial charge on any atom is 0.326 e. The van der Waals surface area contributed by atoms with E-state index in [9.17, 15) is 9.59 Å². The Morgan fingerprint density at radius 2 is 1.89 bits per heavy atom. The van der Waals surface area contributed by atoms with Gasteiger partial charge in [-0.05, 0) is 43.2 Å². The fourth-order valence-corrected chi connectivity index (χ4v) is 2.98. The molecular weight excluding hydrogens is 344 g/mol. The summed E-state index contributed by atoms with van der Waals surface area (Å²) in [7, 11) is 0. The Balaban J connectivity index is 1.69. The summed E-state index contributed by atoms with van der Waals surface area (Å²) >= 11 is 0. The fourth-order valence-electron chi connectivity index (χ4n) is 2.98. The number of anilines is 2. The summed E-state index contributed by atoms with van der Waals surface area (Å²) in [6, 6.07) is 14.5. The normalized spacial score (nSPS) is 15.5. The van der Waals surface area contributed by atoms with Crippen LogP contribution in [-0.4, -0.2) is 31.3 Å². The maximum atomic E-state index is 12.8. The van der Waals surface area contributed by atoms with E-state index in [0.717, 1.165) is 23.4 Å². The monoisotopic (exact) mass is 368 g/mol. The van der Waals surface area contributed by atoms with Crippen LogP contribution in [0, 0.1) is 0 Å². The Morgan fingerprint density at radius 3 is 2.59 bits per heavy atom. The van der Waals surface area contributed by atoms with Crippen molar-refractivity contribution in [1.82, 2.24) is 0 Å². The molecule has 0 fully saturated rings. The number of para-hydroxylation sites is 2. The van der Waals surface area contributed by atoms with Crippen LogP contribution >= 0.6 is 0 Å². The Labute approximate surface area is 159 Å². The molecule has 0 saturated carbocycles. The molecule has 0 aliphatic carbocycles. The second kappa shape index (κ2) is 8.58. The maximum absolute atomic E-state index is 12.8. The number of carbonyl (C=O) groups excluding carboxylic acids is 2. The average Bonchev–Trinajstić information content (AvgIpc) is 2.68. The number of ether oxygens (including phenoxy) is 2. The molecule has 1 aliphatic rings. The van der Waals surface area contributed by atoms with E-state index in [-0.39, 0.29) is 24.5 Å². The predicted octanol–water partition coefficient (Wildman–Crippen LogP) is 4.00. The van der Waals surface area contributed by atoms with Crippen LogP contribution in [0.15, 0.2) is 48.5 Å². The van der Waals surface area contributed by atoms with E-state index in [1.165, 1.54) is 0 Å². The van der Waals surface area contributed by atoms with Crippen molar-refractivity contribution in [1.29, 1.82) is 0 Å². The zero-order chi connectivity index (χ0) is 19.2. The van der Waals surface area contributed by atoms with Gasteiger partial charge in [0.05, 0.1) is 25.3 Å². The minimum atomic E-state index is -0.259. The van der Waals surface area contributed by atoms with Crippen LogP contribution in [0.2, 0.25) is 0 Å². The zero-order valence-electron chi connectivity index (χ0n) is 15.6. The lowest BCUT2D eigenvalue weighted by Gasteiger charge is -2.34. The van der Waals surface area contributed by atoms with E-state index in [2.05, 4.69) is 5.32 Å². The van der Waals surface area contributed by atoms with E-state index < -0.39 is 0 Å². The van der Waals surface area contributed by atoms with Gasteiger partial charge in [0.25, 0.3) is 0 Å². The largest absolute Gasteiger partial charge is 0.486 e. The van der Waals surface area contributed by atoms with Crippen molar-refractivity contribution in [3.05, 3.63) is 54.1 Å². The van der Waals surface area contributed by atoms with Gasteiger partial charge in [-0.3, -0.25) is 9.69 Å². The number of hydrogen-bond donors (Lipinski definition) is 1. The molecule has 2 amide bonds. The van der Waals surface area contributed by atoms with Gasteiger partial charge in [0, 0.05) is 5.69 Å². The van der Waals surface area contributed by atoms with E-state index in [1.54, 1.807) is 24.0 Å². The van der Waals surface area contributed by atoms with Crippen LogP contribution in [0.1, 0.15) is 25.8 Å². The van der Waals surface area contributed by atoms with Crippen molar-refractivity contribution in [3.8, 4) is 5.75 Å². The molecule has 6 nitrogen and oxygen atoms in total. The molecule has 142 valence electrons. The van der Waals surface area contributed by atoms with Crippen molar-refractivity contribution in [2.24, 2.45) is 0 Å². The third-order valence-electron chi connectivity index (χ3n) is 4.40. The van der Waals surface area contributed by atoms with Crippen molar-refractivity contribution in [2.45, 2.75) is 32.8 Å². The number of esters is 1. The number of benzene rings is 2. The van der Waals surface area contributed by atoms with Crippen LogP contribution in [-0.2, 0) is 16.0 Å². The quantitative estimate of drug-likeness (QED) is 0.810. The summed E-state index contributed by atoms with van der Waals surface area (Å²) in [6.07, 6.45) is 1.01. The number of hydrogen-bond acceptors (Lipinski definition) is 4. The lowest BCUT2D eigenvalue weighted by molar-refractivity contribution is -0.142. The van der Waals surface area contributed by atoms with Crippen LogP contribution in [0.25, 0.3) is 0 Å². The molecule has 0 bridgehead atoms. The van der Waals surface area contributed by atoms with Gasteiger partial charge in [-0.25, -0.2) is 4.79 Å². The second-order valence-electron chi connectivity index (χ2n) is 6.34. The number of rotatable bonds is 5. The molecule has 1 heterocycles. The number of carbonyl (C=O) groups is 2. The zero-order valence-corrected chi connectivity index (χ0v) is 15.6. The Hall–Kier alpha value is -3.02. The van der Waals surface area contributed by atoms with Gasteiger partial charge < -0.3 is 14.8 Å². The molecule has 27 heavy (non-hydrogen) atoms. The molecule has 0 aromatic heterocycles. The number of amides is 2. The summed E-state index contributed by atoms with van der Waals surface area (Å²) in [5.74, 6) is 0.459. The highest BCUT2D eigenvalue weighted by atomic mass is 16.5. The van der Waals surface area contributed by atoms with Crippen LogP contribution < -0.4 is 15.0 Å². The second-order valence-corrected chi connectivity index (χ2v) is 6.34. The molecule has 2 aromatic rings. The Bertz CT molecular complexity index is 804. The predicted molar refractivity (Wildman–Crippen MR) is 104 cm³/mol.